The van der Waals surface area contributed by atoms with Crippen LogP contribution in [-0.2, 0) is 19.5 Å². The molecule has 3 aromatic rings. The van der Waals surface area contributed by atoms with Gasteiger partial charge in [-0.05, 0) is 24.6 Å². The molecule has 1 aliphatic heterocycles. The third-order valence-electron chi connectivity index (χ3n) is 4.93. The maximum atomic E-state index is 12.7. The zero-order valence-electron chi connectivity index (χ0n) is 15.8. The smallest absolute Gasteiger partial charge is 0.255 e. The van der Waals surface area contributed by atoms with Gasteiger partial charge in [0.25, 0.3) is 5.56 Å². The van der Waals surface area contributed by atoms with E-state index in [1.807, 2.05) is 49.4 Å². The summed E-state index contributed by atoms with van der Waals surface area (Å²) < 4.78 is 5.46. The molecule has 1 aromatic heterocycles. The van der Waals surface area contributed by atoms with Crippen LogP contribution in [0.4, 0.5) is 0 Å². The van der Waals surface area contributed by atoms with E-state index in [9.17, 15) is 9.90 Å². The molecule has 0 spiro atoms. The Kier molecular flexibility index (Phi) is 5.12. The van der Waals surface area contributed by atoms with E-state index in [2.05, 4.69) is 9.88 Å². The van der Waals surface area contributed by atoms with Gasteiger partial charge in [0.2, 0.25) is 0 Å². The van der Waals surface area contributed by atoms with Crippen LogP contribution in [-0.4, -0.2) is 33.1 Å². The number of hydrogen-bond acceptors (Lipinski definition) is 5. The van der Waals surface area contributed by atoms with Crippen molar-refractivity contribution in [2.24, 2.45) is 0 Å². The number of hydrogen-bond donors (Lipinski definition) is 2. The molecule has 4 rings (SSSR count). The van der Waals surface area contributed by atoms with Gasteiger partial charge in [0.05, 0.1) is 17.9 Å². The van der Waals surface area contributed by atoms with Crippen LogP contribution in [0.15, 0.2) is 53.3 Å². The molecule has 0 atom stereocenters. The third-order valence-corrected chi connectivity index (χ3v) is 4.93. The van der Waals surface area contributed by atoms with E-state index in [4.69, 9.17) is 9.72 Å². The number of ether oxygens (including phenoxy) is 1. The van der Waals surface area contributed by atoms with E-state index in [1.54, 1.807) is 6.07 Å². The molecular formula is C22H23N3O3. The molecule has 1 aliphatic rings. The summed E-state index contributed by atoms with van der Waals surface area (Å²) in [6.45, 7) is 4.44. The number of benzene rings is 2. The zero-order chi connectivity index (χ0) is 19.5. The maximum Gasteiger partial charge on any atom is 0.255 e. The van der Waals surface area contributed by atoms with Crippen molar-refractivity contribution in [1.82, 2.24) is 14.9 Å². The molecule has 2 heterocycles. The lowest BCUT2D eigenvalue weighted by Gasteiger charge is -2.28. The number of aromatic amines is 1. The van der Waals surface area contributed by atoms with Gasteiger partial charge in [-0.1, -0.05) is 36.4 Å². The molecular weight excluding hydrogens is 354 g/mol. The molecule has 2 aromatic carbocycles. The van der Waals surface area contributed by atoms with Gasteiger partial charge >= 0.3 is 0 Å². The van der Waals surface area contributed by atoms with Crippen molar-refractivity contribution in [3.8, 4) is 22.9 Å². The fourth-order valence-corrected chi connectivity index (χ4v) is 3.53. The molecule has 28 heavy (non-hydrogen) atoms. The molecule has 6 nitrogen and oxygen atoms in total. The number of aromatic hydroxyl groups is 1. The Balaban J connectivity index is 1.54. The van der Waals surface area contributed by atoms with Crippen LogP contribution < -0.4 is 10.3 Å². The van der Waals surface area contributed by atoms with E-state index >= 15 is 0 Å². The number of fused-ring (bicyclic) bond motifs is 1. The first-order valence-corrected chi connectivity index (χ1v) is 9.48. The van der Waals surface area contributed by atoms with E-state index in [0.717, 1.165) is 35.3 Å². The van der Waals surface area contributed by atoms with Crippen LogP contribution in [0.2, 0.25) is 0 Å². The van der Waals surface area contributed by atoms with E-state index in [-0.39, 0.29) is 11.3 Å². The van der Waals surface area contributed by atoms with Crippen molar-refractivity contribution in [3.05, 3.63) is 75.7 Å². The van der Waals surface area contributed by atoms with Crippen molar-refractivity contribution in [3.63, 3.8) is 0 Å². The Morgan fingerprint density at radius 2 is 2.04 bits per heavy atom. The fourth-order valence-electron chi connectivity index (χ4n) is 3.53. The largest absolute Gasteiger partial charge is 0.504 e. The molecule has 0 unspecified atom stereocenters. The summed E-state index contributed by atoms with van der Waals surface area (Å²) in [6, 6.07) is 15.1. The number of phenolic OH excluding ortho intramolecular Hbond substituents is 1. The second-order valence-corrected chi connectivity index (χ2v) is 6.90. The highest BCUT2D eigenvalue weighted by molar-refractivity contribution is 5.54. The van der Waals surface area contributed by atoms with Gasteiger partial charge in [-0.2, -0.15) is 0 Å². The van der Waals surface area contributed by atoms with Crippen molar-refractivity contribution in [2.75, 3.05) is 13.2 Å². The summed E-state index contributed by atoms with van der Waals surface area (Å²) in [5.74, 6) is 1.26. The van der Waals surface area contributed by atoms with Crippen molar-refractivity contribution < 1.29 is 9.84 Å². The summed E-state index contributed by atoms with van der Waals surface area (Å²) in [5.41, 5.74) is 3.48. The fraction of sp³-hybridized carbons (Fsp3) is 0.273. The molecule has 0 saturated heterocycles. The first-order valence-electron chi connectivity index (χ1n) is 9.48. The van der Waals surface area contributed by atoms with E-state index in [0.29, 0.717) is 31.3 Å². The first-order chi connectivity index (χ1) is 13.6. The predicted octanol–water partition coefficient (Wildman–Crippen LogP) is 3.10. The summed E-state index contributed by atoms with van der Waals surface area (Å²) in [4.78, 5) is 22.5. The molecule has 2 N–H and O–H groups in total. The lowest BCUT2D eigenvalue weighted by atomic mass is 10.1. The van der Waals surface area contributed by atoms with Crippen LogP contribution in [0.25, 0.3) is 11.4 Å². The lowest BCUT2D eigenvalue weighted by Crippen LogP contribution is -2.35. The van der Waals surface area contributed by atoms with Crippen molar-refractivity contribution in [2.45, 2.75) is 26.4 Å². The average Bonchev–Trinajstić information content (AvgIpc) is 2.72. The number of rotatable bonds is 5. The van der Waals surface area contributed by atoms with Gasteiger partial charge in [0.1, 0.15) is 5.82 Å². The van der Waals surface area contributed by atoms with Crippen LogP contribution >= 0.6 is 0 Å². The van der Waals surface area contributed by atoms with Crippen molar-refractivity contribution in [1.29, 1.82) is 0 Å². The number of nitrogens with one attached hydrogen (secondary N) is 1. The molecule has 0 saturated carbocycles. The third kappa shape index (κ3) is 3.77. The maximum absolute atomic E-state index is 12.7. The van der Waals surface area contributed by atoms with E-state index < -0.39 is 0 Å². The number of nitrogens with zero attached hydrogens (tertiary/aromatic N) is 2. The first kappa shape index (κ1) is 18.3. The molecule has 0 bridgehead atoms. The van der Waals surface area contributed by atoms with Gasteiger partial charge in [-0.3, -0.25) is 9.69 Å². The monoisotopic (exact) mass is 377 g/mol. The zero-order valence-corrected chi connectivity index (χ0v) is 15.8. The minimum atomic E-state index is -0.0748. The average molecular weight is 377 g/mol. The highest BCUT2D eigenvalue weighted by atomic mass is 16.5. The van der Waals surface area contributed by atoms with Crippen molar-refractivity contribution >= 4 is 0 Å². The topological polar surface area (TPSA) is 78.5 Å². The molecule has 0 amide bonds. The highest BCUT2D eigenvalue weighted by Gasteiger charge is 2.22. The Morgan fingerprint density at radius 3 is 2.82 bits per heavy atom. The van der Waals surface area contributed by atoms with Gasteiger partial charge < -0.3 is 14.8 Å². The quantitative estimate of drug-likeness (QED) is 0.714. The summed E-state index contributed by atoms with van der Waals surface area (Å²) in [6.07, 6.45) is 0.732. The number of H-pyrrole nitrogens is 1. The predicted molar refractivity (Wildman–Crippen MR) is 107 cm³/mol. The SMILES string of the molecule is CCOc1cc(CN2CCc3nc(-c4ccccc4)[nH]c(=O)c3C2)ccc1O. The van der Waals surface area contributed by atoms with Crippen LogP contribution in [0.5, 0.6) is 11.5 Å². The minimum absolute atomic E-state index is 0.0748. The summed E-state index contributed by atoms with van der Waals surface area (Å²) in [5, 5.41) is 9.87. The molecule has 6 heteroatoms. The number of aromatic nitrogens is 2. The minimum Gasteiger partial charge on any atom is -0.504 e. The summed E-state index contributed by atoms with van der Waals surface area (Å²) >= 11 is 0. The van der Waals surface area contributed by atoms with E-state index in [1.165, 1.54) is 0 Å². The Labute approximate surface area is 163 Å². The van der Waals surface area contributed by atoms with Gasteiger partial charge in [0, 0.05) is 31.6 Å². The molecule has 144 valence electrons. The van der Waals surface area contributed by atoms with Crippen LogP contribution in [0.1, 0.15) is 23.7 Å². The highest BCUT2D eigenvalue weighted by Crippen LogP contribution is 2.28. The molecule has 0 aliphatic carbocycles. The standard InChI is InChI=1S/C22H23N3O3/c1-2-28-20-12-15(8-9-19(20)26)13-25-11-10-18-17(14-25)22(27)24-21(23-18)16-6-4-3-5-7-16/h3-9,12,26H,2,10-11,13-14H2,1H3,(H,23,24,27). The second-order valence-electron chi connectivity index (χ2n) is 6.90. The van der Waals surface area contributed by atoms with Gasteiger partial charge in [-0.25, -0.2) is 4.98 Å². The summed E-state index contributed by atoms with van der Waals surface area (Å²) in [7, 11) is 0. The normalized spacial score (nSPS) is 13.9. The molecule has 0 fully saturated rings. The second kappa shape index (κ2) is 7.86. The lowest BCUT2D eigenvalue weighted by molar-refractivity contribution is 0.241. The van der Waals surface area contributed by atoms with Gasteiger partial charge in [-0.15, -0.1) is 0 Å². The number of phenols is 1. The molecule has 0 radical (unpaired) electrons. The Hall–Kier alpha value is -3.12. The Morgan fingerprint density at radius 1 is 1.21 bits per heavy atom. The Bertz CT molecular complexity index is 1030. The van der Waals surface area contributed by atoms with Crippen LogP contribution in [0.3, 0.4) is 0 Å². The van der Waals surface area contributed by atoms with Crippen LogP contribution in [0, 0.1) is 0 Å². The van der Waals surface area contributed by atoms with Gasteiger partial charge in [0.15, 0.2) is 11.5 Å².